The van der Waals surface area contributed by atoms with E-state index >= 15 is 0 Å². The summed E-state index contributed by atoms with van der Waals surface area (Å²) in [5, 5.41) is 3.47. The van der Waals surface area contributed by atoms with Crippen LogP contribution in [0.2, 0.25) is 5.02 Å². The minimum Gasteiger partial charge on any atom is -0.354 e. The zero-order chi connectivity index (χ0) is 27.7. The third kappa shape index (κ3) is 8.71. The van der Waals surface area contributed by atoms with Gasteiger partial charge in [0, 0.05) is 28.1 Å². The van der Waals surface area contributed by atoms with E-state index < -0.39 is 28.5 Å². The number of hydrogen-bond acceptors (Lipinski definition) is 4. The van der Waals surface area contributed by atoms with Gasteiger partial charge in [-0.3, -0.25) is 13.9 Å². The lowest BCUT2D eigenvalue weighted by molar-refractivity contribution is -0.140. The van der Waals surface area contributed by atoms with Crippen LogP contribution in [0.25, 0.3) is 0 Å². The molecule has 2 amide bonds. The molecule has 1 atom stereocenters. The maximum atomic E-state index is 13.9. The monoisotopic (exact) mass is 667 g/mol. The van der Waals surface area contributed by atoms with Crippen molar-refractivity contribution in [2.75, 3.05) is 23.7 Å². The maximum absolute atomic E-state index is 13.9. The van der Waals surface area contributed by atoms with Crippen LogP contribution in [0, 0.1) is 3.57 Å². The molecule has 0 saturated carbocycles. The number of amides is 2. The van der Waals surface area contributed by atoms with Gasteiger partial charge in [0.2, 0.25) is 21.8 Å². The molecule has 0 saturated heterocycles. The van der Waals surface area contributed by atoms with Crippen LogP contribution in [-0.2, 0) is 32.6 Å². The molecule has 38 heavy (non-hydrogen) atoms. The van der Waals surface area contributed by atoms with Gasteiger partial charge in [0.05, 0.1) is 11.9 Å². The SMILES string of the molecule is CCCNC(=O)[C@H](Cc1ccccc1)N(Cc1ccc(Cl)cc1)C(=O)CN(c1ccc(I)cc1)S(C)(=O)=O. The summed E-state index contributed by atoms with van der Waals surface area (Å²) in [6, 6.07) is 22.5. The van der Waals surface area contributed by atoms with Gasteiger partial charge in [-0.1, -0.05) is 61.0 Å². The van der Waals surface area contributed by atoms with Crippen LogP contribution in [0.5, 0.6) is 0 Å². The smallest absolute Gasteiger partial charge is 0.244 e. The molecule has 0 aliphatic carbocycles. The van der Waals surface area contributed by atoms with Gasteiger partial charge in [0.1, 0.15) is 12.6 Å². The first-order valence-corrected chi connectivity index (χ1v) is 15.5. The highest BCUT2D eigenvalue weighted by Gasteiger charge is 2.32. The third-order valence-corrected chi connectivity index (χ3v) is 7.99. The Kier molecular flexibility index (Phi) is 11.0. The summed E-state index contributed by atoms with van der Waals surface area (Å²) in [7, 11) is -3.79. The number of nitrogens with zero attached hydrogens (tertiary/aromatic N) is 2. The fraction of sp³-hybridized carbons (Fsp3) is 0.286. The number of hydrogen-bond donors (Lipinski definition) is 1. The highest BCUT2D eigenvalue weighted by molar-refractivity contribution is 14.1. The molecule has 0 bridgehead atoms. The molecule has 0 radical (unpaired) electrons. The molecule has 0 aliphatic rings. The Labute approximate surface area is 243 Å². The molecule has 0 fully saturated rings. The van der Waals surface area contributed by atoms with E-state index in [9.17, 15) is 18.0 Å². The Bertz CT molecular complexity index is 1320. The van der Waals surface area contributed by atoms with E-state index in [4.69, 9.17) is 11.6 Å². The minimum atomic E-state index is -3.79. The van der Waals surface area contributed by atoms with Crippen molar-refractivity contribution in [1.82, 2.24) is 10.2 Å². The number of halogens is 2. The second-order valence-electron chi connectivity index (χ2n) is 8.89. The molecule has 0 unspecified atom stereocenters. The first-order valence-electron chi connectivity index (χ1n) is 12.2. The van der Waals surface area contributed by atoms with Crippen LogP contribution < -0.4 is 9.62 Å². The Morgan fingerprint density at radius 3 is 2.16 bits per heavy atom. The van der Waals surface area contributed by atoms with Crippen molar-refractivity contribution >= 4 is 61.7 Å². The van der Waals surface area contributed by atoms with E-state index in [1.165, 1.54) is 4.90 Å². The van der Waals surface area contributed by atoms with E-state index in [1.807, 2.05) is 37.3 Å². The van der Waals surface area contributed by atoms with Gasteiger partial charge >= 0.3 is 0 Å². The summed E-state index contributed by atoms with van der Waals surface area (Å²) >= 11 is 8.20. The summed E-state index contributed by atoms with van der Waals surface area (Å²) < 4.78 is 27.5. The molecule has 3 rings (SSSR count). The number of carbonyl (C=O) groups is 2. The number of anilines is 1. The Morgan fingerprint density at radius 2 is 1.58 bits per heavy atom. The molecular formula is C28H31ClIN3O4S. The van der Waals surface area contributed by atoms with Gasteiger partial charge in [-0.15, -0.1) is 0 Å². The average Bonchev–Trinajstić information content (AvgIpc) is 2.89. The van der Waals surface area contributed by atoms with E-state index in [-0.39, 0.29) is 18.9 Å². The fourth-order valence-electron chi connectivity index (χ4n) is 3.93. The normalized spacial score (nSPS) is 12.0. The summed E-state index contributed by atoms with van der Waals surface area (Å²) in [4.78, 5) is 28.8. The van der Waals surface area contributed by atoms with Gasteiger partial charge in [-0.25, -0.2) is 8.42 Å². The van der Waals surface area contributed by atoms with Gasteiger partial charge < -0.3 is 10.2 Å². The molecule has 0 heterocycles. The van der Waals surface area contributed by atoms with E-state index in [2.05, 4.69) is 27.9 Å². The molecule has 202 valence electrons. The van der Waals surface area contributed by atoms with Gasteiger partial charge in [-0.05, 0) is 76.5 Å². The maximum Gasteiger partial charge on any atom is 0.244 e. The third-order valence-electron chi connectivity index (χ3n) is 5.88. The van der Waals surface area contributed by atoms with E-state index in [0.29, 0.717) is 17.3 Å². The van der Waals surface area contributed by atoms with Crippen LogP contribution in [0.1, 0.15) is 24.5 Å². The fourth-order valence-corrected chi connectivity index (χ4v) is 5.26. The van der Waals surface area contributed by atoms with Crippen molar-refractivity contribution in [1.29, 1.82) is 0 Å². The van der Waals surface area contributed by atoms with Gasteiger partial charge in [0.15, 0.2) is 0 Å². The number of carbonyl (C=O) groups excluding carboxylic acids is 2. The lowest BCUT2D eigenvalue weighted by Crippen LogP contribution is -2.53. The summed E-state index contributed by atoms with van der Waals surface area (Å²) in [5.74, 6) is -0.783. The van der Waals surface area contributed by atoms with Crippen LogP contribution in [0.15, 0.2) is 78.9 Å². The van der Waals surface area contributed by atoms with Crippen molar-refractivity contribution in [2.45, 2.75) is 32.4 Å². The van der Waals surface area contributed by atoms with Crippen molar-refractivity contribution in [3.05, 3.63) is 98.6 Å². The highest BCUT2D eigenvalue weighted by Crippen LogP contribution is 2.22. The molecule has 3 aromatic rings. The largest absolute Gasteiger partial charge is 0.354 e. The van der Waals surface area contributed by atoms with Crippen molar-refractivity contribution in [3.63, 3.8) is 0 Å². The lowest BCUT2D eigenvalue weighted by Gasteiger charge is -2.33. The molecule has 10 heteroatoms. The summed E-state index contributed by atoms with van der Waals surface area (Å²) in [6.07, 6.45) is 2.08. The van der Waals surface area contributed by atoms with Crippen LogP contribution in [-0.4, -0.2) is 50.5 Å². The number of nitrogens with one attached hydrogen (secondary N) is 1. The summed E-state index contributed by atoms with van der Waals surface area (Å²) in [6.45, 7) is 2.08. The second-order valence-corrected chi connectivity index (χ2v) is 12.5. The number of sulfonamides is 1. The molecule has 1 N–H and O–H groups in total. The predicted molar refractivity (Wildman–Crippen MR) is 161 cm³/mol. The Balaban J connectivity index is 2.02. The first kappa shape index (κ1) is 29.9. The average molecular weight is 668 g/mol. The van der Waals surface area contributed by atoms with E-state index in [1.54, 1.807) is 48.5 Å². The Morgan fingerprint density at radius 1 is 0.947 bits per heavy atom. The van der Waals surface area contributed by atoms with Crippen LogP contribution >= 0.6 is 34.2 Å². The lowest BCUT2D eigenvalue weighted by atomic mass is 10.0. The molecule has 7 nitrogen and oxygen atoms in total. The van der Waals surface area contributed by atoms with Crippen molar-refractivity contribution < 1.29 is 18.0 Å². The molecule has 0 aromatic heterocycles. The number of rotatable bonds is 12. The predicted octanol–water partition coefficient (Wildman–Crippen LogP) is 4.88. The van der Waals surface area contributed by atoms with Crippen LogP contribution in [0.4, 0.5) is 5.69 Å². The minimum absolute atomic E-state index is 0.108. The molecule has 0 spiro atoms. The van der Waals surface area contributed by atoms with Crippen molar-refractivity contribution in [2.24, 2.45) is 0 Å². The summed E-state index contributed by atoms with van der Waals surface area (Å²) in [5.41, 5.74) is 2.03. The Hall–Kier alpha value is -2.63. The second kappa shape index (κ2) is 14.0. The first-order chi connectivity index (χ1) is 18.1. The zero-order valence-corrected chi connectivity index (χ0v) is 25.0. The van der Waals surface area contributed by atoms with Crippen molar-refractivity contribution in [3.8, 4) is 0 Å². The molecule has 3 aromatic carbocycles. The number of benzene rings is 3. The molecular weight excluding hydrogens is 637 g/mol. The zero-order valence-electron chi connectivity index (χ0n) is 21.3. The van der Waals surface area contributed by atoms with Gasteiger partial charge in [-0.2, -0.15) is 0 Å². The standard InChI is InChI=1S/C28H31ClIN3O4S/c1-3-17-31-28(35)26(18-21-7-5-4-6-8-21)32(19-22-9-11-23(29)12-10-22)27(34)20-33(38(2,36)37)25-15-13-24(30)14-16-25/h4-16,26H,3,17-20H2,1-2H3,(H,31,35)/t26-/m0/s1. The topological polar surface area (TPSA) is 86.8 Å². The van der Waals surface area contributed by atoms with E-state index in [0.717, 1.165) is 31.7 Å². The molecule has 0 aliphatic heterocycles. The quantitative estimate of drug-likeness (QED) is 0.279. The van der Waals surface area contributed by atoms with Crippen LogP contribution in [0.3, 0.4) is 0 Å². The highest BCUT2D eigenvalue weighted by atomic mass is 127. The van der Waals surface area contributed by atoms with Gasteiger partial charge in [0.25, 0.3) is 0 Å².